The minimum Gasteiger partial charge on any atom is -0.481 e. The van der Waals surface area contributed by atoms with Crippen molar-refractivity contribution in [3.8, 4) is 45.6 Å². The van der Waals surface area contributed by atoms with Crippen LogP contribution in [0.25, 0.3) is 89.7 Å². The molecule has 41 heteroatoms. The number of carboxylic acid groups (broad SMARTS) is 4. The molecule has 87 heavy (non-hydrogen) atoms. The molecule has 0 saturated heterocycles. The predicted octanol–water partition coefficient (Wildman–Crippen LogP) is 4.46. The van der Waals surface area contributed by atoms with Gasteiger partial charge in [0.2, 0.25) is 0 Å². The fraction of sp³-hybridized carbons (Fsp3) is 0.0652. The van der Waals surface area contributed by atoms with E-state index in [1.807, 2.05) is 0 Å². The molecule has 0 atom stereocenters. The van der Waals surface area contributed by atoms with Crippen LogP contribution in [0.3, 0.4) is 0 Å². The fourth-order valence-corrected chi connectivity index (χ4v) is 9.64. The molecule has 8 aromatic rings. The van der Waals surface area contributed by atoms with Crippen LogP contribution in [0, 0.1) is 0 Å². The molecule has 13 N–H and O–H groups in total. The summed E-state index contributed by atoms with van der Waals surface area (Å²) in [4.78, 5) is 83.4. The smallest absolute Gasteiger partial charge is 0.481 e. The first-order chi connectivity index (χ1) is 39.0. The number of aromatic nitrogens is 8. The van der Waals surface area contributed by atoms with E-state index >= 15 is 0 Å². The third-order valence-electron chi connectivity index (χ3n) is 10.4. The molecule has 5 heterocycles. The second kappa shape index (κ2) is 28.9. The summed E-state index contributed by atoms with van der Waals surface area (Å²) in [5.74, 6) is -5.08. The topological polar surface area (TPSA) is 580 Å². The first-order valence-corrected chi connectivity index (χ1v) is 28.4. The Morgan fingerprint density at radius 3 is 1.14 bits per heavy atom. The van der Waals surface area contributed by atoms with Gasteiger partial charge in [-0.2, -0.15) is 33.7 Å². The van der Waals surface area contributed by atoms with Gasteiger partial charge in [0, 0.05) is 83.1 Å². The van der Waals surface area contributed by atoms with Gasteiger partial charge in [0.05, 0.1) is 66.0 Å². The van der Waals surface area contributed by atoms with Gasteiger partial charge in [-0.05, 0) is 88.3 Å². The molecular formula is C46H38N10O24S5Zn2. The van der Waals surface area contributed by atoms with E-state index in [0.717, 1.165) is 62.4 Å². The molecule has 0 unspecified atom stereocenters. The molecule has 3 aromatic heterocycles. The van der Waals surface area contributed by atoms with Crippen molar-refractivity contribution in [2.75, 3.05) is 0 Å². The molecule has 8 bridgehead atoms. The molecule has 2 amide bonds. The minimum atomic E-state index is -4.73. The minimum absolute atomic E-state index is 0. The molecule has 0 aliphatic carbocycles. The first kappa shape index (κ1) is 73.0. The molecule has 10 rings (SSSR count). The van der Waals surface area contributed by atoms with E-state index in [1.165, 1.54) is 18.2 Å². The number of benzene rings is 5. The number of nitrogens with zero attached hydrogens (tertiary/aromatic N) is 8. The van der Waals surface area contributed by atoms with Crippen molar-refractivity contribution in [2.24, 2.45) is 11.5 Å². The number of aliphatic carboxylic acids is 2. The Labute approximate surface area is 517 Å². The van der Waals surface area contributed by atoms with Crippen molar-refractivity contribution in [3.63, 3.8) is 0 Å². The summed E-state index contributed by atoms with van der Waals surface area (Å²) >= 11 is 0.652. The van der Waals surface area contributed by atoms with E-state index in [0.29, 0.717) is 33.8 Å². The van der Waals surface area contributed by atoms with Crippen molar-refractivity contribution in [3.05, 3.63) is 102 Å². The van der Waals surface area contributed by atoms with Crippen LogP contribution in [0.15, 0.2) is 115 Å². The number of hydrogen-bond donors (Lipinski definition) is 11. The number of aromatic carboxylic acids is 2. The first-order valence-electron chi connectivity index (χ1n) is 21.9. The molecule has 0 saturated carbocycles. The van der Waals surface area contributed by atoms with Crippen LogP contribution < -0.4 is 21.4 Å². The summed E-state index contributed by atoms with van der Waals surface area (Å²) in [6.07, 6.45) is 0. The Morgan fingerprint density at radius 2 is 0.770 bits per heavy atom. The Kier molecular flexibility index (Phi) is 24.3. The Hall–Kier alpha value is -8.27. The maximum absolute atomic E-state index is 12.2. The van der Waals surface area contributed by atoms with Crippen LogP contribution >= 0.6 is 12.0 Å². The number of rotatable bonds is 9. The summed E-state index contributed by atoms with van der Waals surface area (Å²) in [6, 6.07) is 16.9. The van der Waals surface area contributed by atoms with Gasteiger partial charge in [0.15, 0.2) is 0 Å². The zero-order valence-corrected chi connectivity index (χ0v) is 53.0. The quantitative estimate of drug-likeness (QED) is 0.0312. The van der Waals surface area contributed by atoms with Gasteiger partial charge >= 0.3 is 37.4 Å². The van der Waals surface area contributed by atoms with Gasteiger partial charge in [0.1, 0.15) is 0 Å². The SMILES string of the molecule is C.CC(=O)O.CC(=O)O.NC(N)=O.O=C(O)c1ccc(S(=O)(=O)O)cc1C(=O)O.O=S(=O)(O)c1ccc2c(c1)-c1nc-2nc2[n-]c(nc3nc(nc4[n-]c(n1)c1ccc(SOOO)cc41)-c1ccc(S(=O)(=O)O)cc1-3)c1ccc(S(=O)(=O)O)cc21.[Zn+2].[Zn]. The van der Waals surface area contributed by atoms with E-state index in [4.69, 9.17) is 49.6 Å². The number of carbonyl (C=O) groups excluding carboxylic acids is 1. The number of hydrogen-bond acceptors (Lipinski definition) is 23. The maximum Gasteiger partial charge on any atom is 2.00 e. The van der Waals surface area contributed by atoms with Gasteiger partial charge in [-0.25, -0.2) is 29.6 Å². The second-order valence-corrected chi connectivity index (χ2v) is 22.7. The van der Waals surface area contributed by atoms with E-state index in [1.54, 1.807) is 18.2 Å². The van der Waals surface area contributed by atoms with Gasteiger partial charge in [-0.1, -0.05) is 36.7 Å². The molecule has 2 aliphatic heterocycles. The summed E-state index contributed by atoms with van der Waals surface area (Å²) in [5, 5.41) is 45.6. The number of nitrogens with two attached hydrogens (primary N) is 2. The van der Waals surface area contributed by atoms with Gasteiger partial charge in [-0.15, -0.1) is 4.33 Å². The largest absolute Gasteiger partial charge is 2.00 e. The van der Waals surface area contributed by atoms with Crippen molar-refractivity contribution in [1.82, 2.24) is 39.9 Å². The third kappa shape index (κ3) is 18.1. The van der Waals surface area contributed by atoms with Crippen LogP contribution in [0.1, 0.15) is 42.0 Å². The number of primary amides is 2. The van der Waals surface area contributed by atoms with Gasteiger partial charge < -0.3 is 61.8 Å². The van der Waals surface area contributed by atoms with Crippen LogP contribution in [0.5, 0.6) is 0 Å². The Bertz CT molecular complexity index is 4650. The van der Waals surface area contributed by atoms with Gasteiger partial charge in [-0.3, -0.25) is 27.8 Å². The second-order valence-electron chi connectivity index (χ2n) is 16.2. The summed E-state index contributed by atoms with van der Waals surface area (Å²) in [5.41, 5.74) is 7.76. The van der Waals surface area contributed by atoms with Crippen molar-refractivity contribution >= 4 is 127 Å². The number of fused-ring (bicyclic) bond motifs is 20. The number of carboxylic acids is 4. The zero-order valence-electron chi connectivity index (χ0n) is 43.0. The third-order valence-corrected chi connectivity index (χ3v) is 14.4. The van der Waals surface area contributed by atoms with E-state index in [9.17, 15) is 56.9 Å². The molecule has 0 radical (unpaired) electrons. The molecular weight excluding hydrogens is 1370 g/mol. The van der Waals surface area contributed by atoms with Crippen molar-refractivity contribution < 1.29 is 150 Å². The normalized spacial score (nSPS) is 11.2. The van der Waals surface area contributed by atoms with Crippen LogP contribution in [-0.2, 0) is 98.4 Å². The summed E-state index contributed by atoms with van der Waals surface area (Å²) < 4.78 is 137. The molecule has 34 nitrogen and oxygen atoms in total. The standard InChI is InChI=1S/C32H16N8O12S4.C8H6O7S.2C2H4O2.CH4N2O.CH4.2Zn/c41-51-52-53-13-1-5-17-21(9-13)29-33-25(17)35-30-23-11-15(55(45,46)47)3-7-19(23)27(37-30)39-32-24-12-16(56(48,49)50)4-8-20(24)28(40-32)38-31-22-10-14(54(42,43)44)2-6-18(22)26(34-29)36-31;9-7(10)5-2-1-4(16(13,14)15)3-6(5)8(11)12;2*1-2(3)4;2-1(3)4;;;/h1-12H,(H4-2,33,34,35,36,37,38,39,40,41,42,43,44,45,46,47,48,49,50);1-3H,(H,9,10)(H,11,12)(H,13,14,15);2*1H3,(H,3,4);(H4,2,3,4);1H4;;/q-2;;;;;;;+2. The molecule has 0 spiro atoms. The maximum atomic E-state index is 12.2. The number of amides is 2. The number of carbonyl (C=O) groups is 5. The van der Waals surface area contributed by atoms with E-state index < -0.39 is 101 Å². The van der Waals surface area contributed by atoms with Gasteiger partial charge in [0.25, 0.3) is 52.4 Å². The zero-order chi connectivity index (χ0) is 62.6. The Morgan fingerprint density at radius 1 is 0.460 bits per heavy atom. The van der Waals surface area contributed by atoms with E-state index in [-0.39, 0.29) is 125 Å². The van der Waals surface area contributed by atoms with E-state index in [2.05, 4.69) is 55.7 Å². The number of urea groups is 1. The van der Waals surface area contributed by atoms with Crippen molar-refractivity contribution in [2.45, 2.75) is 45.8 Å². The van der Waals surface area contributed by atoms with Crippen LogP contribution in [0.2, 0.25) is 0 Å². The predicted molar refractivity (Wildman–Crippen MR) is 291 cm³/mol. The van der Waals surface area contributed by atoms with Crippen LogP contribution in [-0.4, -0.2) is 137 Å². The van der Waals surface area contributed by atoms with Crippen LogP contribution in [0.4, 0.5) is 4.79 Å². The molecule has 0 fully saturated rings. The van der Waals surface area contributed by atoms with Crippen molar-refractivity contribution in [1.29, 1.82) is 0 Å². The monoisotopic (exact) mass is 1400 g/mol. The average Bonchev–Trinajstić information content (AvgIpc) is 1.70. The average molecular weight is 1410 g/mol. The molecule has 5 aromatic carbocycles. The Balaban J connectivity index is 0.000000534. The summed E-state index contributed by atoms with van der Waals surface area (Å²) in [7, 11) is -18.7. The molecule has 2 aliphatic rings. The molecule has 450 valence electrons. The summed E-state index contributed by atoms with van der Waals surface area (Å²) in [6.45, 7) is 2.17. The fourth-order valence-electron chi connectivity index (χ4n) is 7.21.